The Bertz CT molecular complexity index is 1250. The van der Waals surface area contributed by atoms with Crippen molar-refractivity contribution in [3.05, 3.63) is 101 Å². The molecule has 3 aromatic carbocycles. The first-order valence-electron chi connectivity index (χ1n) is 12.5. The van der Waals surface area contributed by atoms with E-state index in [1.165, 1.54) is 18.2 Å². The summed E-state index contributed by atoms with van der Waals surface area (Å²) in [7, 11) is 0. The molecular weight excluding hydrogens is 509 g/mol. The predicted molar refractivity (Wildman–Crippen MR) is 132 cm³/mol. The van der Waals surface area contributed by atoms with Gasteiger partial charge in [0.2, 0.25) is 0 Å². The molecule has 3 aromatic rings. The minimum atomic E-state index is -3.89. The van der Waals surface area contributed by atoms with E-state index in [2.05, 4.69) is 11.7 Å². The second kappa shape index (κ2) is 11.6. The standard InChI is InChI=1S/C30H27F7O/c1-2-3-18-4-8-20(9-5-18)22-14-24(31)28(25(32)15-22)21-10-6-19(7-11-21)12-13-30(36,37)38-23-16-26(33)29(35)27(34)17-23/h4-5,8-9,12-17,19,21H,2-3,6-7,10-11H2,1H3/b13-12+. The molecular formula is C30H27F7O. The summed E-state index contributed by atoms with van der Waals surface area (Å²) in [4.78, 5) is 0. The van der Waals surface area contributed by atoms with E-state index in [1.807, 2.05) is 24.3 Å². The van der Waals surface area contributed by atoms with Crippen LogP contribution in [0.1, 0.15) is 56.1 Å². The number of ether oxygens (including phenoxy) is 1. The maximum atomic E-state index is 15.0. The van der Waals surface area contributed by atoms with Crippen LogP contribution in [0.15, 0.2) is 60.7 Å². The Kier molecular flexibility index (Phi) is 8.48. The minimum Gasteiger partial charge on any atom is -0.429 e. The summed E-state index contributed by atoms with van der Waals surface area (Å²) < 4.78 is 102. The lowest BCUT2D eigenvalue weighted by atomic mass is 9.78. The van der Waals surface area contributed by atoms with E-state index < -0.39 is 40.9 Å². The van der Waals surface area contributed by atoms with Crippen LogP contribution in [0.2, 0.25) is 0 Å². The van der Waals surface area contributed by atoms with Gasteiger partial charge in [0.1, 0.15) is 17.4 Å². The monoisotopic (exact) mass is 536 g/mol. The summed E-state index contributed by atoms with van der Waals surface area (Å²) in [5, 5.41) is 0. The Morgan fingerprint density at radius 3 is 1.92 bits per heavy atom. The molecule has 0 bridgehead atoms. The highest BCUT2D eigenvalue weighted by Gasteiger charge is 2.31. The van der Waals surface area contributed by atoms with Crippen molar-refractivity contribution in [3.8, 4) is 16.9 Å². The van der Waals surface area contributed by atoms with Crippen molar-refractivity contribution in [2.45, 2.75) is 57.5 Å². The summed E-state index contributed by atoms with van der Waals surface area (Å²) in [5.74, 6) is -7.86. The first-order chi connectivity index (χ1) is 18.1. The van der Waals surface area contributed by atoms with Crippen LogP contribution in [0.4, 0.5) is 30.7 Å². The van der Waals surface area contributed by atoms with Gasteiger partial charge in [-0.1, -0.05) is 43.7 Å². The SMILES string of the molecule is CCCc1ccc(-c2cc(F)c(C3CCC(/C=C/C(F)(F)Oc4cc(F)c(F)c(F)c4)CC3)c(F)c2)cc1. The van der Waals surface area contributed by atoms with Gasteiger partial charge in [0, 0.05) is 23.8 Å². The summed E-state index contributed by atoms with van der Waals surface area (Å²) in [6.45, 7) is 2.08. The molecule has 0 unspecified atom stereocenters. The normalized spacial score (nSPS) is 18.2. The predicted octanol–water partition coefficient (Wildman–Crippen LogP) is 9.50. The number of hydrogen-bond acceptors (Lipinski definition) is 1. The second-order valence-corrected chi connectivity index (χ2v) is 9.64. The van der Waals surface area contributed by atoms with E-state index >= 15 is 8.78 Å². The quantitative estimate of drug-likeness (QED) is 0.158. The number of allylic oxidation sites excluding steroid dienone is 1. The van der Waals surface area contributed by atoms with Crippen molar-refractivity contribution in [1.82, 2.24) is 0 Å². The molecule has 0 aromatic heterocycles. The molecule has 202 valence electrons. The average molecular weight is 537 g/mol. The highest BCUT2D eigenvalue weighted by molar-refractivity contribution is 5.64. The van der Waals surface area contributed by atoms with E-state index in [0.717, 1.165) is 24.0 Å². The maximum absolute atomic E-state index is 15.0. The average Bonchev–Trinajstić information content (AvgIpc) is 2.87. The number of rotatable bonds is 8. The van der Waals surface area contributed by atoms with Gasteiger partial charge in [-0.15, -0.1) is 0 Å². The van der Waals surface area contributed by atoms with E-state index in [9.17, 15) is 22.0 Å². The Balaban J connectivity index is 1.38. The first kappa shape index (κ1) is 27.7. The molecule has 0 N–H and O–H groups in total. The van der Waals surface area contributed by atoms with Crippen molar-refractivity contribution in [1.29, 1.82) is 0 Å². The summed E-state index contributed by atoms with van der Waals surface area (Å²) >= 11 is 0. The highest BCUT2D eigenvalue weighted by Crippen LogP contribution is 2.40. The van der Waals surface area contributed by atoms with Gasteiger partial charge in [-0.25, -0.2) is 22.0 Å². The summed E-state index contributed by atoms with van der Waals surface area (Å²) in [5.41, 5.74) is 2.33. The lowest BCUT2D eigenvalue weighted by Crippen LogP contribution is -2.22. The van der Waals surface area contributed by atoms with Crippen LogP contribution in [0.25, 0.3) is 11.1 Å². The fraction of sp³-hybridized carbons (Fsp3) is 0.333. The largest absolute Gasteiger partial charge is 0.429 e. The summed E-state index contributed by atoms with van der Waals surface area (Å²) in [6.07, 6.45) is 1.36. The van der Waals surface area contributed by atoms with Gasteiger partial charge in [0.05, 0.1) is 0 Å². The van der Waals surface area contributed by atoms with E-state index in [0.29, 0.717) is 49.5 Å². The lowest BCUT2D eigenvalue weighted by molar-refractivity contribution is -0.132. The number of aryl methyl sites for hydroxylation is 1. The van der Waals surface area contributed by atoms with Crippen LogP contribution in [-0.2, 0) is 6.42 Å². The second-order valence-electron chi connectivity index (χ2n) is 9.64. The van der Waals surface area contributed by atoms with Gasteiger partial charge in [0.15, 0.2) is 17.5 Å². The van der Waals surface area contributed by atoms with Gasteiger partial charge in [0.25, 0.3) is 0 Å². The molecule has 1 saturated carbocycles. The Morgan fingerprint density at radius 1 is 0.789 bits per heavy atom. The molecule has 0 amide bonds. The van der Waals surface area contributed by atoms with Crippen LogP contribution < -0.4 is 4.74 Å². The summed E-state index contributed by atoms with van der Waals surface area (Å²) in [6, 6.07) is 10.9. The molecule has 1 nitrogen and oxygen atoms in total. The van der Waals surface area contributed by atoms with Gasteiger partial charge in [-0.2, -0.15) is 8.78 Å². The van der Waals surface area contributed by atoms with Gasteiger partial charge in [-0.05, 0) is 72.8 Å². The van der Waals surface area contributed by atoms with Crippen LogP contribution >= 0.6 is 0 Å². The Labute approximate surface area is 217 Å². The fourth-order valence-electron chi connectivity index (χ4n) is 4.92. The topological polar surface area (TPSA) is 9.23 Å². The molecule has 0 aliphatic heterocycles. The molecule has 0 heterocycles. The van der Waals surface area contributed by atoms with Gasteiger partial charge < -0.3 is 4.74 Å². The molecule has 4 rings (SSSR count). The zero-order valence-corrected chi connectivity index (χ0v) is 20.7. The maximum Gasteiger partial charge on any atom is 0.419 e. The Hall–Kier alpha value is -3.29. The molecule has 1 aliphatic carbocycles. The zero-order valence-electron chi connectivity index (χ0n) is 20.7. The van der Waals surface area contributed by atoms with E-state index in [-0.39, 0.29) is 17.4 Å². The third-order valence-electron chi connectivity index (χ3n) is 6.86. The van der Waals surface area contributed by atoms with Crippen LogP contribution in [0, 0.1) is 35.0 Å². The van der Waals surface area contributed by atoms with Crippen LogP contribution in [0.5, 0.6) is 5.75 Å². The molecule has 8 heteroatoms. The van der Waals surface area contributed by atoms with Crippen molar-refractivity contribution in [2.75, 3.05) is 0 Å². The smallest absolute Gasteiger partial charge is 0.419 e. The van der Waals surface area contributed by atoms with Crippen molar-refractivity contribution in [3.63, 3.8) is 0 Å². The Morgan fingerprint density at radius 2 is 1.37 bits per heavy atom. The molecule has 0 radical (unpaired) electrons. The van der Waals surface area contributed by atoms with Crippen molar-refractivity contribution >= 4 is 0 Å². The van der Waals surface area contributed by atoms with Crippen molar-refractivity contribution in [2.24, 2.45) is 5.92 Å². The molecule has 0 saturated heterocycles. The number of benzene rings is 3. The lowest BCUT2D eigenvalue weighted by Gasteiger charge is -2.28. The third kappa shape index (κ3) is 6.58. The van der Waals surface area contributed by atoms with Crippen LogP contribution in [-0.4, -0.2) is 6.11 Å². The van der Waals surface area contributed by atoms with Gasteiger partial charge in [-0.3, -0.25) is 0 Å². The van der Waals surface area contributed by atoms with Gasteiger partial charge >= 0.3 is 6.11 Å². The zero-order chi connectivity index (χ0) is 27.4. The number of hydrogen-bond donors (Lipinski definition) is 0. The first-order valence-corrected chi connectivity index (χ1v) is 12.5. The molecule has 38 heavy (non-hydrogen) atoms. The molecule has 0 atom stereocenters. The molecule has 1 aliphatic rings. The van der Waals surface area contributed by atoms with Crippen LogP contribution in [0.3, 0.4) is 0 Å². The minimum absolute atomic E-state index is 0.00723. The van der Waals surface area contributed by atoms with E-state index in [4.69, 9.17) is 0 Å². The third-order valence-corrected chi connectivity index (χ3v) is 6.86. The van der Waals surface area contributed by atoms with Crippen molar-refractivity contribution < 1.29 is 35.5 Å². The number of alkyl halides is 2. The number of halogens is 7. The molecule has 0 spiro atoms. The molecule has 1 fully saturated rings. The fourth-order valence-corrected chi connectivity index (χ4v) is 4.92. The van der Waals surface area contributed by atoms with E-state index in [1.54, 1.807) is 0 Å². The highest BCUT2D eigenvalue weighted by atomic mass is 19.3.